The molecule has 2 rings (SSSR count). The number of hydrogen-bond acceptors (Lipinski definition) is 5. The van der Waals surface area contributed by atoms with E-state index in [1.54, 1.807) is 23.0 Å². The van der Waals surface area contributed by atoms with E-state index in [-0.39, 0.29) is 5.56 Å². The van der Waals surface area contributed by atoms with Crippen molar-refractivity contribution in [3.05, 3.63) is 34.9 Å². The third-order valence-corrected chi connectivity index (χ3v) is 3.27. The van der Waals surface area contributed by atoms with Crippen molar-refractivity contribution in [1.82, 2.24) is 19.6 Å². The molecule has 0 aliphatic heterocycles. The molecule has 0 bridgehead atoms. The predicted octanol–water partition coefficient (Wildman–Crippen LogP) is 0.958. The van der Waals surface area contributed by atoms with Crippen LogP contribution in [0, 0.1) is 0 Å². The summed E-state index contributed by atoms with van der Waals surface area (Å²) in [7, 11) is 1.96. The van der Waals surface area contributed by atoms with Crippen LogP contribution in [-0.2, 0) is 13.1 Å². The maximum Gasteiger partial charge on any atom is 0.268 e. The average Bonchev–Trinajstić information content (AvgIpc) is 2.86. The fourth-order valence-corrected chi connectivity index (χ4v) is 2.15. The first-order valence-electron chi connectivity index (χ1n) is 7.17. The Morgan fingerprint density at radius 2 is 2.19 bits per heavy atom. The molecule has 0 amide bonds. The molecule has 0 fully saturated rings. The SMILES string of the molecule is CCCN(C)c1cnn(CCCn2ccc(N)n2)c(=O)c1. The Kier molecular flexibility index (Phi) is 4.97. The number of aryl methyl sites for hydroxylation is 2. The first-order valence-corrected chi connectivity index (χ1v) is 7.17. The Labute approximate surface area is 124 Å². The van der Waals surface area contributed by atoms with Crippen LogP contribution in [0.3, 0.4) is 0 Å². The fourth-order valence-electron chi connectivity index (χ4n) is 2.15. The average molecular weight is 290 g/mol. The lowest BCUT2D eigenvalue weighted by molar-refractivity contribution is 0.486. The molecule has 2 N–H and O–H groups in total. The van der Waals surface area contributed by atoms with Gasteiger partial charge >= 0.3 is 0 Å². The van der Waals surface area contributed by atoms with Crippen LogP contribution in [0.25, 0.3) is 0 Å². The Balaban J connectivity index is 1.93. The van der Waals surface area contributed by atoms with Gasteiger partial charge in [0.2, 0.25) is 0 Å². The molecule has 0 saturated heterocycles. The van der Waals surface area contributed by atoms with Crippen molar-refractivity contribution in [2.24, 2.45) is 0 Å². The molecule has 114 valence electrons. The zero-order chi connectivity index (χ0) is 15.2. The van der Waals surface area contributed by atoms with Crippen molar-refractivity contribution in [3.63, 3.8) is 0 Å². The summed E-state index contributed by atoms with van der Waals surface area (Å²) in [5.74, 6) is 0.508. The van der Waals surface area contributed by atoms with E-state index in [9.17, 15) is 4.79 Å². The van der Waals surface area contributed by atoms with Crippen LogP contribution in [0.15, 0.2) is 29.3 Å². The molecule has 0 aromatic carbocycles. The van der Waals surface area contributed by atoms with E-state index in [0.717, 1.165) is 25.1 Å². The molecule has 21 heavy (non-hydrogen) atoms. The molecule has 2 heterocycles. The molecule has 0 aliphatic carbocycles. The highest BCUT2D eigenvalue weighted by molar-refractivity contribution is 5.41. The standard InChI is InChI=1S/C14H22N6O/c1-3-6-18(2)12-10-14(21)20(16-11-12)8-4-7-19-9-5-13(15)17-19/h5,9-11H,3-4,6-8H2,1-2H3,(H2,15,17). The van der Waals surface area contributed by atoms with Crippen molar-refractivity contribution in [1.29, 1.82) is 0 Å². The monoisotopic (exact) mass is 290 g/mol. The normalized spacial score (nSPS) is 10.8. The van der Waals surface area contributed by atoms with Crippen LogP contribution in [0.1, 0.15) is 19.8 Å². The zero-order valence-corrected chi connectivity index (χ0v) is 12.6. The molecular formula is C14H22N6O. The van der Waals surface area contributed by atoms with Crippen LogP contribution >= 0.6 is 0 Å². The molecule has 7 heteroatoms. The van der Waals surface area contributed by atoms with Gasteiger partial charge in [0, 0.05) is 38.9 Å². The zero-order valence-electron chi connectivity index (χ0n) is 12.6. The summed E-state index contributed by atoms with van der Waals surface area (Å²) in [6, 6.07) is 3.39. The summed E-state index contributed by atoms with van der Waals surface area (Å²) in [5, 5.41) is 8.33. The second kappa shape index (κ2) is 6.92. The minimum atomic E-state index is -0.0737. The Hall–Kier alpha value is -2.31. The summed E-state index contributed by atoms with van der Waals surface area (Å²) < 4.78 is 3.25. The van der Waals surface area contributed by atoms with Crippen molar-refractivity contribution >= 4 is 11.5 Å². The number of nitrogens with zero attached hydrogens (tertiary/aromatic N) is 5. The van der Waals surface area contributed by atoms with Gasteiger partial charge in [-0.15, -0.1) is 0 Å². The lowest BCUT2D eigenvalue weighted by Gasteiger charge is -2.17. The van der Waals surface area contributed by atoms with Crippen molar-refractivity contribution < 1.29 is 0 Å². The second-order valence-corrected chi connectivity index (χ2v) is 5.05. The van der Waals surface area contributed by atoms with E-state index in [1.165, 1.54) is 4.68 Å². The molecule has 0 aliphatic rings. The van der Waals surface area contributed by atoms with E-state index in [4.69, 9.17) is 5.73 Å². The topological polar surface area (TPSA) is 82.0 Å². The summed E-state index contributed by atoms with van der Waals surface area (Å²) >= 11 is 0. The van der Waals surface area contributed by atoms with Crippen LogP contribution in [-0.4, -0.2) is 33.2 Å². The number of hydrogen-bond donors (Lipinski definition) is 1. The van der Waals surface area contributed by atoms with Gasteiger partial charge in [-0.1, -0.05) is 6.92 Å². The van der Waals surface area contributed by atoms with E-state index < -0.39 is 0 Å². The third-order valence-electron chi connectivity index (χ3n) is 3.27. The maximum atomic E-state index is 12.0. The Morgan fingerprint density at radius 3 is 2.81 bits per heavy atom. The Bertz CT molecular complexity index is 632. The van der Waals surface area contributed by atoms with Gasteiger partial charge < -0.3 is 10.6 Å². The second-order valence-electron chi connectivity index (χ2n) is 5.05. The number of rotatable bonds is 7. The largest absolute Gasteiger partial charge is 0.382 e. The summed E-state index contributed by atoms with van der Waals surface area (Å²) in [5.41, 5.74) is 6.34. The van der Waals surface area contributed by atoms with E-state index in [1.807, 2.05) is 18.1 Å². The third kappa shape index (κ3) is 4.08. The van der Waals surface area contributed by atoms with Gasteiger partial charge in [-0.3, -0.25) is 9.48 Å². The molecule has 0 spiro atoms. The van der Waals surface area contributed by atoms with E-state index in [2.05, 4.69) is 17.1 Å². The van der Waals surface area contributed by atoms with Gasteiger partial charge in [0.15, 0.2) is 0 Å². The molecule has 2 aromatic rings. The van der Waals surface area contributed by atoms with Crippen LogP contribution in [0.2, 0.25) is 0 Å². The van der Waals surface area contributed by atoms with E-state index >= 15 is 0 Å². The minimum Gasteiger partial charge on any atom is -0.382 e. The van der Waals surface area contributed by atoms with Crippen LogP contribution < -0.4 is 16.2 Å². The fraction of sp³-hybridized carbons (Fsp3) is 0.500. The number of nitrogen functional groups attached to an aromatic ring is 1. The summed E-state index contributed by atoms with van der Waals surface area (Å²) in [4.78, 5) is 14.1. The first-order chi connectivity index (χ1) is 10.1. The summed E-state index contributed by atoms with van der Waals surface area (Å²) in [6.07, 6.45) is 5.38. The number of aromatic nitrogens is 4. The summed E-state index contributed by atoms with van der Waals surface area (Å²) in [6.45, 7) is 4.29. The minimum absolute atomic E-state index is 0.0737. The highest BCUT2D eigenvalue weighted by Gasteiger charge is 2.04. The molecule has 2 aromatic heterocycles. The quantitative estimate of drug-likeness (QED) is 0.821. The highest BCUT2D eigenvalue weighted by atomic mass is 16.1. The molecular weight excluding hydrogens is 268 g/mol. The number of anilines is 2. The molecule has 0 unspecified atom stereocenters. The van der Waals surface area contributed by atoms with Crippen LogP contribution in [0.4, 0.5) is 11.5 Å². The van der Waals surface area contributed by atoms with E-state index in [0.29, 0.717) is 18.9 Å². The first kappa shape index (κ1) is 15.1. The van der Waals surface area contributed by atoms with Crippen molar-refractivity contribution in [3.8, 4) is 0 Å². The van der Waals surface area contributed by atoms with Gasteiger partial charge in [-0.2, -0.15) is 10.2 Å². The van der Waals surface area contributed by atoms with Gasteiger partial charge in [-0.25, -0.2) is 4.68 Å². The molecule has 0 saturated carbocycles. The van der Waals surface area contributed by atoms with Gasteiger partial charge in [-0.05, 0) is 18.9 Å². The van der Waals surface area contributed by atoms with Crippen LogP contribution in [0.5, 0.6) is 0 Å². The molecule has 0 atom stereocenters. The Morgan fingerprint density at radius 1 is 1.38 bits per heavy atom. The maximum absolute atomic E-state index is 12.0. The van der Waals surface area contributed by atoms with Gasteiger partial charge in [0.1, 0.15) is 5.82 Å². The lowest BCUT2D eigenvalue weighted by atomic mass is 10.3. The predicted molar refractivity (Wildman–Crippen MR) is 83.3 cm³/mol. The van der Waals surface area contributed by atoms with Crippen molar-refractivity contribution in [2.45, 2.75) is 32.9 Å². The highest BCUT2D eigenvalue weighted by Crippen LogP contribution is 2.07. The van der Waals surface area contributed by atoms with Gasteiger partial charge in [0.25, 0.3) is 5.56 Å². The number of nitrogens with two attached hydrogens (primary N) is 1. The van der Waals surface area contributed by atoms with Gasteiger partial charge in [0.05, 0.1) is 11.9 Å². The smallest absolute Gasteiger partial charge is 0.268 e. The molecule has 0 radical (unpaired) electrons. The van der Waals surface area contributed by atoms with Crippen molar-refractivity contribution in [2.75, 3.05) is 24.2 Å². The lowest BCUT2D eigenvalue weighted by Crippen LogP contribution is -2.26. The molecule has 7 nitrogen and oxygen atoms in total.